The minimum atomic E-state index is -1.73. The summed E-state index contributed by atoms with van der Waals surface area (Å²) in [5, 5.41) is 87.3. The van der Waals surface area contributed by atoms with Crippen LogP contribution in [0, 0.1) is 50.2 Å². The molecule has 1 heterocycles. The van der Waals surface area contributed by atoms with Gasteiger partial charge in [-0.25, -0.2) is 0 Å². The number of ether oxygens (including phenoxy) is 2. The second-order valence-corrected chi connectivity index (χ2v) is 18.2. The summed E-state index contributed by atoms with van der Waals surface area (Å²) in [6.45, 7) is 13.8. The molecule has 8 N–H and O–H groups in total. The van der Waals surface area contributed by atoms with Gasteiger partial charge >= 0.3 is 5.97 Å². The summed E-state index contributed by atoms with van der Waals surface area (Å²) in [6.07, 6.45) is -5.78. The summed E-state index contributed by atoms with van der Waals surface area (Å²) < 4.78 is 11.4. The number of esters is 1. The topological polar surface area (TPSA) is 197 Å². The lowest BCUT2D eigenvalue weighted by atomic mass is 9.32. The Bertz CT molecular complexity index is 1280. The van der Waals surface area contributed by atoms with Gasteiger partial charge in [0.15, 0.2) is 0 Å². The molecule has 0 amide bonds. The largest absolute Gasteiger partial charge is 0.432 e. The minimum Gasteiger partial charge on any atom is -0.432 e. The molecular formula is C36H58O11. The SMILES string of the molecule is CC1(C)CC[C@]2(C(=O)O[C@@H]3O[C@H](CO)[C@@H](O)[C@H](O)[C@H]3O)CC[C@]3(C)C(=CC[C@H]4[C@@]5(C)C[C@@H](O)[C@H](O)C(C)(C)[C@@H]5[C@H](O)C[C@]43C)[C@@H]2[C@@H]1O. The van der Waals surface area contributed by atoms with Gasteiger partial charge in [-0.2, -0.15) is 0 Å². The summed E-state index contributed by atoms with van der Waals surface area (Å²) in [5.41, 5.74) is -2.90. The number of aliphatic hydroxyl groups excluding tert-OH is 8. The summed E-state index contributed by atoms with van der Waals surface area (Å²) in [6, 6.07) is 0. The van der Waals surface area contributed by atoms with Gasteiger partial charge in [0, 0.05) is 5.92 Å². The molecule has 0 aromatic carbocycles. The number of hydrogen-bond donors (Lipinski definition) is 8. The van der Waals surface area contributed by atoms with Crippen molar-refractivity contribution < 1.29 is 55.1 Å². The lowest BCUT2D eigenvalue weighted by molar-refractivity contribution is -0.299. The molecule has 11 nitrogen and oxygen atoms in total. The molecule has 5 aliphatic carbocycles. The Balaban J connectivity index is 1.41. The molecule has 5 fully saturated rings. The van der Waals surface area contributed by atoms with Gasteiger partial charge in [-0.1, -0.05) is 60.1 Å². The highest BCUT2D eigenvalue weighted by Gasteiger charge is 2.73. The Morgan fingerprint density at radius 1 is 0.830 bits per heavy atom. The lowest BCUT2D eigenvalue weighted by Gasteiger charge is -2.72. The molecule has 0 unspecified atom stereocenters. The third kappa shape index (κ3) is 4.67. The fourth-order valence-corrected chi connectivity index (χ4v) is 12.3. The second kappa shape index (κ2) is 11.2. The molecule has 6 aliphatic rings. The van der Waals surface area contributed by atoms with Crippen molar-refractivity contribution in [3.05, 3.63) is 11.6 Å². The fourth-order valence-electron chi connectivity index (χ4n) is 12.3. The van der Waals surface area contributed by atoms with Gasteiger partial charge in [0.05, 0.1) is 36.4 Å². The van der Waals surface area contributed by atoms with Crippen molar-refractivity contribution in [1.29, 1.82) is 0 Å². The highest BCUT2D eigenvalue weighted by molar-refractivity contribution is 5.79. The summed E-state index contributed by atoms with van der Waals surface area (Å²) in [5.74, 6) is -1.46. The normalized spacial score (nSPS) is 55.0. The maximum atomic E-state index is 14.4. The Kier molecular flexibility index (Phi) is 8.48. The van der Waals surface area contributed by atoms with E-state index in [1.165, 1.54) is 0 Å². The molecule has 1 aliphatic heterocycles. The van der Waals surface area contributed by atoms with Crippen molar-refractivity contribution in [2.24, 2.45) is 50.2 Å². The van der Waals surface area contributed by atoms with E-state index in [1.807, 2.05) is 27.7 Å². The molecule has 47 heavy (non-hydrogen) atoms. The van der Waals surface area contributed by atoms with Crippen LogP contribution in [0.5, 0.6) is 0 Å². The van der Waals surface area contributed by atoms with Crippen LogP contribution in [-0.4, -0.2) is 109 Å². The number of hydrogen-bond acceptors (Lipinski definition) is 11. The molecule has 0 spiro atoms. The van der Waals surface area contributed by atoms with Gasteiger partial charge in [0.2, 0.25) is 6.29 Å². The van der Waals surface area contributed by atoms with Crippen molar-refractivity contribution in [3.8, 4) is 0 Å². The lowest BCUT2D eigenvalue weighted by Crippen LogP contribution is -2.71. The number of aliphatic hydroxyl groups is 8. The Labute approximate surface area is 278 Å². The molecule has 6 rings (SSSR count). The van der Waals surface area contributed by atoms with Gasteiger partial charge in [-0.3, -0.25) is 4.79 Å². The van der Waals surface area contributed by atoms with E-state index in [9.17, 15) is 45.6 Å². The van der Waals surface area contributed by atoms with E-state index in [4.69, 9.17) is 9.47 Å². The molecule has 268 valence electrons. The molecule has 0 radical (unpaired) electrons. The van der Waals surface area contributed by atoms with Crippen LogP contribution in [0.1, 0.15) is 93.4 Å². The first kappa shape index (κ1) is 35.7. The molecule has 0 aromatic heterocycles. The van der Waals surface area contributed by atoms with Crippen molar-refractivity contribution in [3.63, 3.8) is 0 Å². The maximum Gasteiger partial charge on any atom is 0.315 e. The van der Waals surface area contributed by atoms with Crippen molar-refractivity contribution in [1.82, 2.24) is 0 Å². The zero-order valence-corrected chi connectivity index (χ0v) is 29.0. The third-order valence-corrected chi connectivity index (χ3v) is 15.2. The van der Waals surface area contributed by atoms with E-state index in [0.717, 1.165) is 5.57 Å². The first-order valence-electron chi connectivity index (χ1n) is 17.6. The molecule has 0 bridgehead atoms. The van der Waals surface area contributed by atoms with Crippen LogP contribution in [0.15, 0.2) is 11.6 Å². The quantitative estimate of drug-likeness (QED) is 0.160. The third-order valence-electron chi connectivity index (χ3n) is 15.2. The Hall–Kier alpha value is -1.15. The predicted molar refractivity (Wildman–Crippen MR) is 169 cm³/mol. The van der Waals surface area contributed by atoms with Crippen molar-refractivity contribution >= 4 is 5.97 Å². The summed E-state index contributed by atoms with van der Waals surface area (Å²) in [4.78, 5) is 14.4. The van der Waals surface area contributed by atoms with Crippen LogP contribution in [0.4, 0.5) is 0 Å². The Morgan fingerprint density at radius 2 is 1.47 bits per heavy atom. The average Bonchev–Trinajstić information content (AvgIpc) is 2.98. The molecule has 4 saturated carbocycles. The first-order valence-corrected chi connectivity index (χ1v) is 17.6. The molecular weight excluding hydrogens is 608 g/mol. The highest BCUT2D eigenvalue weighted by Crippen LogP contribution is 2.75. The molecule has 0 aromatic rings. The van der Waals surface area contributed by atoms with Crippen LogP contribution >= 0.6 is 0 Å². The number of rotatable bonds is 3. The van der Waals surface area contributed by atoms with Gasteiger partial charge in [-0.05, 0) is 83.9 Å². The zero-order valence-electron chi connectivity index (χ0n) is 29.0. The molecule has 16 atom stereocenters. The van der Waals surface area contributed by atoms with Crippen LogP contribution in [0.3, 0.4) is 0 Å². The van der Waals surface area contributed by atoms with Crippen LogP contribution in [0.25, 0.3) is 0 Å². The highest BCUT2D eigenvalue weighted by atomic mass is 16.7. The monoisotopic (exact) mass is 666 g/mol. The van der Waals surface area contributed by atoms with E-state index < -0.39 is 106 Å². The summed E-state index contributed by atoms with van der Waals surface area (Å²) in [7, 11) is 0. The smallest absolute Gasteiger partial charge is 0.315 e. The Morgan fingerprint density at radius 3 is 2.11 bits per heavy atom. The van der Waals surface area contributed by atoms with E-state index in [1.54, 1.807) is 0 Å². The number of carbonyl (C=O) groups excluding carboxylic acids is 1. The second-order valence-electron chi connectivity index (χ2n) is 18.2. The maximum absolute atomic E-state index is 14.4. The van der Waals surface area contributed by atoms with Gasteiger partial charge < -0.3 is 50.3 Å². The standard InChI is InChI=1S/C36H58O11/c1-31(2)10-12-36(30(45)47-29-25(42)24(41)23(40)20(16-37)46-29)13-11-34(6)17(22(36)28(31)44)8-9-21-33(5)14-19(39)27(43)32(3,4)26(33)18(38)15-35(21,34)7/h8,18-29,37-44H,9-16H2,1-7H3/t18-,19-,20-,21+,22-,23-,24+,25-,26+,27+,28+,29+,33-,34-,35-,36+/m1/s1. The van der Waals surface area contributed by atoms with E-state index >= 15 is 0 Å². The minimum absolute atomic E-state index is 0.0564. The molecule has 11 heteroatoms. The zero-order chi connectivity index (χ0) is 34.9. The molecule has 1 saturated heterocycles. The van der Waals surface area contributed by atoms with Crippen LogP contribution in [-0.2, 0) is 14.3 Å². The van der Waals surface area contributed by atoms with Gasteiger partial charge in [0.25, 0.3) is 0 Å². The number of carbonyl (C=O) groups is 1. The number of fused-ring (bicyclic) bond motifs is 7. The predicted octanol–water partition coefficient (Wildman–Crippen LogP) is 1.40. The van der Waals surface area contributed by atoms with E-state index in [-0.39, 0.29) is 11.8 Å². The number of allylic oxidation sites excluding steroid dienone is 1. The van der Waals surface area contributed by atoms with Crippen molar-refractivity contribution in [2.75, 3.05) is 6.61 Å². The summed E-state index contributed by atoms with van der Waals surface area (Å²) >= 11 is 0. The van der Waals surface area contributed by atoms with E-state index in [0.29, 0.717) is 44.9 Å². The van der Waals surface area contributed by atoms with Crippen LogP contribution < -0.4 is 0 Å². The van der Waals surface area contributed by atoms with Gasteiger partial charge in [-0.15, -0.1) is 0 Å². The fraction of sp³-hybridized carbons (Fsp3) is 0.917. The van der Waals surface area contributed by atoms with Gasteiger partial charge in [0.1, 0.15) is 24.4 Å². The first-order chi connectivity index (χ1) is 21.6. The average molecular weight is 667 g/mol. The van der Waals surface area contributed by atoms with Crippen molar-refractivity contribution in [2.45, 2.75) is 149 Å². The van der Waals surface area contributed by atoms with E-state index in [2.05, 4.69) is 26.8 Å². The van der Waals surface area contributed by atoms with Crippen LogP contribution in [0.2, 0.25) is 0 Å².